The van der Waals surface area contributed by atoms with Crippen molar-refractivity contribution in [2.24, 2.45) is 0 Å². The third-order valence-electron chi connectivity index (χ3n) is 2.96. The first-order chi connectivity index (χ1) is 7.08. The molecule has 1 fully saturated rings. The van der Waals surface area contributed by atoms with E-state index in [1.807, 2.05) is 13.8 Å². The van der Waals surface area contributed by atoms with Crippen LogP contribution in [0.4, 0.5) is 5.82 Å². The fraction of sp³-hybridized carbons (Fsp3) is 0.636. The van der Waals surface area contributed by atoms with Crippen molar-refractivity contribution in [1.29, 1.82) is 0 Å². The number of nitrogen functional groups attached to an aromatic ring is 1. The summed E-state index contributed by atoms with van der Waals surface area (Å²) < 4.78 is 5.72. The number of hydrogen-bond donors (Lipinski definition) is 1. The second-order valence-corrected chi connectivity index (χ2v) is 4.19. The van der Waals surface area contributed by atoms with Crippen LogP contribution in [-0.4, -0.2) is 16.1 Å². The molecule has 15 heavy (non-hydrogen) atoms. The molecule has 1 saturated heterocycles. The van der Waals surface area contributed by atoms with Crippen molar-refractivity contribution >= 4 is 5.82 Å². The van der Waals surface area contributed by atoms with Crippen LogP contribution in [-0.2, 0) is 4.74 Å². The van der Waals surface area contributed by atoms with Gasteiger partial charge in [0.25, 0.3) is 0 Å². The Balaban J connectivity index is 2.29. The summed E-state index contributed by atoms with van der Waals surface area (Å²) in [5.41, 5.74) is 7.72. The van der Waals surface area contributed by atoms with Gasteiger partial charge < -0.3 is 10.5 Å². The fourth-order valence-corrected chi connectivity index (χ4v) is 1.81. The number of aryl methyl sites for hydroxylation is 1. The first-order valence-corrected chi connectivity index (χ1v) is 5.34. The molecule has 0 spiro atoms. The van der Waals surface area contributed by atoms with Crippen LogP contribution in [0.15, 0.2) is 0 Å². The van der Waals surface area contributed by atoms with Crippen molar-refractivity contribution in [3.8, 4) is 0 Å². The average molecular weight is 207 g/mol. The maximum Gasteiger partial charge on any atom is 0.159 e. The molecule has 2 atom stereocenters. The number of nitrogens with zero attached hydrogens (tertiary/aromatic N) is 2. The molecule has 0 radical (unpaired) electrons. The minimum atomic E-state index is 0.0293. The Bertz CT molecular complexity index is 355. The van der Waals surface area contributed by atoms with Gasteiger partial charge in [0, 0.05) is 11.3 Å². The van der Waals surface area contributed by atoms with Gasteiger partial charge in [-0.15, -0.1) is 0 Å². The van der Waals surface area contributed by atoms with Crippen molar-refractivity contribution in [3.05, 3.63) is 17.1 Å². The van der Waals surface area contributed by atoms with Crippen LogP contribution in [0.25, 0.3) is 0 Å². The number of ether oxygens (including phenoxy) is 1. The Morgan fingerprint density at radius 3 is 2.53 bits per heavy atom. The minimum Gasteiger partial charge on any atom is -0.383 e. The fourth-order valence-electron chi connectivity index (χ4n) is 1.81. The predicted octanol–water partition coefficient (Wildman–Crippen LogP) is 1.92. The van der Waals surface area contributed by atoms with Gasteiger partial charge in [-0.05, 0) is 33.6 Å². The Morgan fingerprint density at radius 2 is 2.00 bits per heavy atom. The summed E-state index contributed by atoms with van der Waals surface area (Å²) in [7, 11) is 0. The zero-order valence-corrected chi connectivity index (χ0v) is 9.45. The van der Waals surface area contributed by atoms with Crippen molar-refractivity contribution in [3.63, 3.8) is 0 Å². The number of nitrogens with two attached hydrogens (primary N) is 1. The van der Waals surface area contributed by atoms with Gasteiger partial charge in [-0.3, -0.25) is 0 Å². The SMILES string of the molecule is Cc1nc(C2CCC(C)O2)nc(N)c1C. The second kappa shape index (κ2) is 3.77. The highest BCUT2D eigenvalue weighted by molar-refractivity contribution is 5.40. The number of rotatable bonds is 1. The zero-order chi connectivity index (χ0) is 11.0. The molecule has 0 aliphatic carbocycles. The molecule has 4 nitrogen and oxygen atoms in total. The molecule has 1 aliphatic rings. The smallest absolute Gasteiger partial charge is 0.159 e. The van der Waals surface area contributed by atoms with Crippen LogP contribution in [0.1, 0.15) is 43.0 Å². The summed E-state index contributed by atoms with van der Waals surface area (Å²) >= 11 is 0. The van der Waals surface area contributed by atoms with Crippen LogP contribution in [0.3, 0.4) is 0 Å². The Kier molecular flexibility index (Phi) is 2.61. The maximum absolute atomic E-state index is 5.82. The lowest BCUT2D eigenvalue weighted by molar-refractivity contribution is 0.0502. The van der Waals surface area contributed by atoms with E-state index in [4.69, 9.17) is 10.5 Å². The van der Waals surface area contributed by atoms with E-state index in [0.29, 0.717) is 11.9 Å². The minimum absolute atomic E-state index is 0.0293. The molecule has 2 rings (SSSR count). The molecule has 0 aromatic carbocycles. The lowest BCUT2D eigenvalue weighted by Crippen LogP contribution is -2.10. The first kappa shape index (κ1) is 10.4. The molecule has 1 aliphatic heterocycles. The van der Waals surface area contributed by atoms with Gasteiger partial charge in [-0.2, -0.15) is 0 Å². The highest BCUT2D eigenvalue weighted by Gasteiger charge is 2.26. The number of hydrogen-bond acceptors (Lipinski definition) is 4. The zero-order valence-electron chi connectivity index (χ0n) is 9.45. The quantitative estimate of drug-likeness (QED) is 0.764. The summed E-state index contributed by atoms with van der Waals surface area (Å²) in [4.78, 5) is 8.73. The molecule has 2 N–H and O–H groups in total. The van der Waals surface area contributed by atoms with Gasteiger partial charge in [-0.25, -0.2) is 9.97 Å². The summed E-state index contributed by atoms with van der Waals surface area (Å²) in [6.07, 6.45) is 2.40. The van der Waals surface area contributed by atoms with Crippen LogP contribution in [0, 0.1) is 13.8 Å². The van der Waals surface area contributed by atoms with E-state index in [1.165, 1.54) is 0 Å². The van der Waals surface area contributed by atoms with E-state index in [2.05, 4.69) is 16.9 Å². The molecule has 4 heteroatoms. The normalized spacial score (nSPS) is 25.8. The molecule has 1 aromatic heterocycles. The maximum atomic E-state index is 5.82. The summed E-state index contributed by atoms with van der Waals surface area (Å²) in [5, 5.41) is 0. The van der Waals surface area contributed by atoms with E-state index in [0.717, 1.165) is 29.9 Å². The third kappa shape index (κ3) is 1.95. The van der Waals surface area contributed by atoms with Crippen LogP contribution in [0.2, 0.25) is 0 Å². The molecule has 0 saturated carbocycles. The lowest BCUT2D eigenvalue weighted by atomic mass is 10.2. The van der Waals surface area contributed by atoms with Crippen molar-refractivity contribution < 1.29 is 4.74 Å². The van der Waals surface area contributed by atoms with Gasteiger partial charge in [0.2, 0.25) is 0 Å². The summed E-state index contributed by atoms with van der Waals surface area (Å²) in [5.74, 6) is 1.31. The number of anilines is 1. The molecular weight excluding hydrogens is 190 g/mol. The molecule has 1 aromatic rings. The Labute approximate surface area is 89.9 Å². The van der Waals surface area contributed by atoms with Crippen molar-refractivity contribution in [2.75, 3.05) is 5.73 Å². The second-order valence-electron chi connectivity index (χ2n) is 4.19. The van der Waals surface area contributed by atoms with E-state index >= 15 is 0 Å². The number of aromatic nitrogens is 2. The molecule has 2 heterocycles. The van der Waals surface area contributed by atoms with Gasteiger partial charge in [0.1, 0.15) is 11.9 Å². The van der Waals surface area contributed by atoms with Gasteiger partial charge in [0.05, 0.1) is 6.10 Å². The van der Waals surface area contributed by atoms with E-state index in [1.54, 1.807) is 0 Å². The monoisotopic (exact) mass is 207 g/mol. The third-order valence-corrected chi connectivity index (χ3v) is 2.96. The predicted molar refractivity (Wildman–Crippen MR) is 58.4 cm³/mol. The summed E-state index contributed by atoms with van der Waals surface area (Å²) in [6.45, 7) is 5.96. The standard InChI is InChI=1S/C11H17N3O/c1-6-4-5-9(15-6)11-13-8(3)7(2)10(12)14-11/h6,9H,4-5H2,1-3H3,(H2,12,13,14). The van der Waals surface area contributed by atoms with Gasteiger partial charge >= 0.3 is 0 Å². The van der Waals surface area contributed by atoms with Crippen LogP contribution in [0.5, 0.6) is 0 Å². The van der Waals surface area contributed by atoms with Crippen LogP contribution >= 0.6 is 0 Å². The van der Waals surface area contributed by atoms with E-state index in [-0.39, 0.29) is 6.10 Å². The van der Waals surface area contributed by atoms with Gasteiger partial charge in [-0.1, -0.05) is 0 Å². The van der Waals surface area contributed by atoms with Crippen molar-refractivity contribution in [1.82, 2.24) is 9.97 Å². The average Bonchev–Trinajstić information content (AvgIpc) is 2.60. The van der Waals surface area contributed by atoms with Crippen LogP contribution < -0.4 is 5.73 Å². The molecule has 0 bridgehead atoms. The highest BCUT2D eigenvalue weighted by Crippen LogP contribution is 2.31. The van der Waals surface area contributed by atoms with E-state index < -0.39 is 0 Å². The molecule has 2 unspecified atom stereocenters. The topological polar surface area (TPSA) is 61.0 Å². The largest absolute Gasteiger partial charge is 0.383 e. The Morgan fingerprint density at radius 1 is 1.27 bits per heavy atom. The molecular formula is C11H17N3O. The van der Waals surface area contributed by atoms with Gasteiger partial charge in [0.15, 0.2) is 5.82 Å². The van der Waals surface area contributed by atoms with Crippen molar-refractivity contribution in [2.45, 2.75) is 45.8 Å². The van der Waals surface area contributed by atoms with E-state index in [9.17, 15) is 0 Å². The molecule has 0 amide bonds. The Hall–Kier alpha value is -1.16. The first-order valence-electron chi connectivity index (χ1n) is 5.34. The molecule has 82 valence electrons. The highest BCUT2D eigenvalue weighted by atomic mass is 16.5. The summed E-state index contributed by atoms with van der Waals surface area (Å²) in [6, 6.07) is 0. The lowest BCUT2D eigenvalue weighted by Gasteiger charge is -2.12.